The molecule has 0 aliphatic carbocycles. The lowest BCUT2D eigenvalue weighted by molar-refractivity contribution is 0.415. The fraction of sp³-hybridized carbons (Fsp3) is 0.176. The highest BCUT2D eigenvalue weighted by Gasteiger charge is 2.25. The summed E-state index contributed by atoms with van der Waals surface area (Å²) in [5, 5.41) is 4.37. The molecule has 1 aromatic heterocycles. The smallest absolute Gasteiger partial charge is 0.257 e. The summed E-state index contributed by atoms with van der Waals surface area (Å²) in [7, 11) is -2.83. The Balaban J connectivity index is 1.70. The molecule has 142 valence electrons. The van der Waals surface area contributed by atoms with E-state index >= 15 is 0 Å². The topological polar surface area (TPSA) is 76.3 Å². The maximum absolute atomic E-state index is 13.8. The van der Waals surface area contributed by atoms with Gasteiger partial charge in [-0.2, -0.15) is 4.98 Å². The summed E-state index contributed by atoms with van der Waals surface area (Å²) in [4.78, 5) is 3.60. The third-order valence-electron chi connectivity index (χ3n) is 3.79. The van der Waals surface area contributed by atoms with Crippen LogP contribution in [0.5, 0.6) is 0 Å². The van der Waals surface area contributed by atoms with Crippen LogP contribution in [0.3, 0.4) is 0 Å². The fourth-order valence-electron chi connectivity index (χ4n) is 2.30. The van der Waals surface area contributed by atoms with Gasteiger partial charge in [-0.1, -0.05) is 16.8 Å². The van der Waals surface area contributed by atoms with Crippen molar-refractivity contribution in [1.82, 2.24) is 14.4 Å². The van der Waals surface area contributed by atoms with Crippen LogP contribution < -0.4 is 0 Å². The minimum Gasteiger partial charge on any atom is -0.334 e. The number of benzene rings is 2. The number of hydrogen-bond acceptors (Lipinski definition) is 5. The minimum atomic E-state index is -4.12. The molecule has 6 nitrogen and oxygen atoms in total. The second-order valence-corrected chi connectivity index (χ2v) is 8.12. The van der Waals surface area contributed by atoms with E-state index in [1.165, 1.54) is 7.05 Å². The van der Waals surface area contributed by atoms with E-state index in [2.05, 4.69) is 10.1 Å². The average Bonchev–Trinajstić information content (AvgIpc) is 3.09. The van der Waals surface area contributed by atoms with Crippen molar-refractivity contribution in [3.05, 3.63) is 64.9 Å². The molecule has 0 saturated heterocycles. The minimum absolute atomic E-state index is 0.0151. The molecule has 0 aliphatic rings. The zero-order chi connectivity index (χ0) is 19.6. The standard InChI is InChI=1S/C17H14ClF2N3O3S/c1-23(27(24,25)15-7-6-13(19)10-14(15)20)9-8-16-21-17(26-22-16)11-2-4-12(18)5-3-11/h2-7,10H,8-9H2,1H3. The van der Waals surface area contributed by atoms with Crippen molar-refractivity contribution in [3.63, 3.8) is 0 Å². The molecule has 27 heavy (non-hydrogen) atoms. The Kier molecular flexibility index (Phi) is 5.54. The van der Waals surface area contributed by atoms with Gasteiger partial charge in [0, 0.05) is 36.7 Å². The molecule has 0 saturated carbocycles. The molecular formula is C17H14ClF2N3O3S. The van der Waals surface area contributed by atoms with Gasteiger partial charge in [0.1, 0.15) is 16.5 Å². The van der Waals surface area contributed by atoms with E-state index in [1.54, 1.807) is 24.3 Å². The lowest BCUT2D eigenvalue weighted by Crippen LogP contribution is -2.30. The summed E-state index contributed by atoms with van der Waals surface area (Å²) in [6.45, 7) is -0.0151. The van der Waals surface area contributed by atoms with E-state index in [0.717, 1.165) is 16.4 Å². The number of aromatic nitrogens is 2. The van der Waals surface area contributed by atoms with Crippen molar-refractivity contribution in [1.29, 1.82) is 0 Å². The highest BCUT2D eigenvalue weighted by molar-refractivity contribution is 7.89. The largest absolute Gasteiger partial charge is 0.334 e. The van der Waals surface area contributed by atoms with Crippen molar-refractivity contribution in [2.75, 3.05) is 13.6 Å². The molecule has 0 radical (unpaired) electrons. The molecule has 0 amide bonds. The number of rotatable bonds is 6. The van der Waals surface area contributed by atoms with E-state index in [0.29, 0.717) is 22.5 Å². The first-order valence-electron chi connectivity index (χ1n) is 7.77. The summed E-state index contributed by atoms with van der Waals surface area (Å²) in [5.74, 6) is -1.43. The lowest BCUT2D eigenvalue weighted by Gasteiger charge is -2.16. The number of nitrogens with zero attached hydrogens (tertiary/aromatic N) is 3. The van der Waals surface area contributed by atoms with Gasteiger partial charge in [0.15, 0.2) is 5.82 Å². The van der Waals surface area contributed by atoms with Gasteiger partial charge in [-0.05, 0) is 36.4 Å². The molecule has 10 heteroatoms. The monoisotopic (exact) mass is 413 g/mol. The third kappa shape index (κ3) is 4.32. The molecule has 2 aromatic carbocycles. The predicted molar refractivity (Wildman–Crippen MR) is 94.6 cm³/mol. The Hall–Kier alpha value is -2.36. The molecule has 0 aliphatic heterocycles. The summed E-state index contributed by atoms with van der Waals surface area (Å²) < 4.78 is 57.7. The van der Waals surface area contributed by atoms with Crippen molar-refractivity contribution >= 4 is 21.6 Å². The molecule has 3 aromatic rings. The van der Waals surface area contributed by atoms with E-state index in [9.17, 15) is 17.2 Å². The SMILES string of the molecule is CN(CCc1noc(-c2ccc(Cl)cc2)n1)S(=O)(=O)c1ccc(F)cc1F. The molecule has 3 rings (SSSR count). The normalized spacial score (nSPS) is 11.9. The van der Waals surface area contributed by atoms with Gasteiger partial charge in [0.25, 0.3) is 5.89 Å². The first-order chi connectivity index (χ1) is 12.8. The van der Waals surface area contributed by atoms with Crippen LogP contribution in [-0.4, -0.2) is 36.5 Å². The van der Waals surface area contributed by atoms with Crippen molar-refractivity contribution in [2.24, 2.45) is 0 Å². The van der Waals surface area contributed by atoms with Gasteiger partial charge < -0.3 is 4.52 Å². The molecule has 0 spiro atoms. The Morgan fingerprint density at radius 3 is 2.52 bits per heavy atom. The first kappa shape index (κ1) is 19.4. The zero-order valence-electron chi connectivity index (χ0n) is 14.1. The maximum atomic E-state index is 13.8. The van der Waals surface area contributed by atoms with Crippen LogP contribution in [0.1, 0.15) is 5.82 Å². The molecule has 0 N–H and O–H groups in total. The highest BCUT2D eigenvalue weighted by Crippen LogP contribution is 2.21. The van der Waals surface area contributed by atoms with Crippen LogP contribution in [-0.2, 0) is 16.4 Å². The van der Waals surface area contributed by atoms with E-state index in [-0.39, 0.29) is 18.9 Å². The van der Waals surface area contributed by atoms with Crippen LogP contribution in [0.25, 0.3) is 11.5 Å². The fourth-order valence-corrected chi connectivity index (χ4v) is 3.63. The van der Waals surface area contributed by atoms with Gasteiger partial charge in [-0.15, -0.1) is 0 Å². The Morgan fingerprint density at radius 1 is 1.15 bits per heavy atom. The summed E-state index contributed by atoms with van der Waals surface area (Å²) in [5.41, 5.74) is 0.674. The summed E-state index contributed by atoms with van der Waals surface area (Å²) in [6.07, 6.45) is 0.148. The maximum Gasteiger partial charge on any atom is 0.257 e. The van der Waals surface area contributed by atoms with E-state index in [1.807, 2.05) is 0 Å². The van der Waals surface area contributed by atoms with Crippen LogP contribution in [0, 0.1) is 11.6 Å². The quantitative estimate of drug-likeness (QED) is 0.618. The van der Waals surface area contributed by atoms with Gasteiger partial charge >= 0.3 is 0 Å². The summed E-state index contributed by atoms with van der Waals surface area (Å²) >= 11 is 5.83. The second-order valence-electron chi connectivity index (χ2n) is 5.67. The molecule has 0 atom stereocenters. The molecule has 0 unspecified atom stereocenters. The van der Waals surface area contributed by atoms with Crippen molar-refractivity contribution in [2.45, 2.75) is 11.3 Å². The zero-order valence-corrected chi connectivity index (χ0v) is 15.6. The first-order valence-corrected chi connectivity index (χ1v) is 9.59. The lowest BCUT2D eigenvalue weighted by atomic mass is 10.2. The predicted octanol–water partition coefficient (Wildman–Crippen LogP) is 3.53. The molecule has 0 fully saturated rings. The highest BCUT2D eigenvalue weighted by atomic mass is 35.5. The van der Waals surface area contributed by atoms with Crippen molar-refractivity contribution < 1.29 is 21.7 Å². The number of sulfonamides is 1. The molecule has 0 bridgehead atoms. The number of hydrogen-bond donors (Lipinski definition) is 0. The third-order valence-corrected chi connectivity index (χ3v) is 5.93. The number of likely N-dealkylation sites (N-methyl/N-ethyl adjacent to an activating group) is 1. The van der Waals surface area contributed by atoms with Gasteiger partial charge in [0.2, 0.25) is 10.0 Å². The molecule has 1 heterocycles. The van der Waals surface area contributed by atoms with Crippen LogP contribution in [0.4, 0.5) is 8.78 Å². The second kappa shape index (κ2) is 7.71. The van der Waals surface area contributed by atoms with Crippen molar-refractivity contribution in [3.8, 4) is 11.5 Å². The van der Waals surface area contributed by atoms with Gasteiger partial charge in [-0.3, -0.25) is 0 Å². The van der Waals surface area contributed by atoms with E-state index < -0.39 is 26.6 Å². The average molecular weight is 414 g/mol. The van der Waals surface area contributed by atoms with E-state index in [4.69, 9.17) is 16.1 Å². The van der Waals surface area contributed by atoms with Crippen LogP contribution in [0.15, 0.2) is 51.9 Å². The molecular weight excluding hydrogens is 400 g/mol. The Labute approximate surface area is 159 Å². The van der Waals surface area contributed by atoms with Crippen LogP contribution >= 0.6 is 11.6 Å². The van der Waals surface area contributed by atoms with Gasteiger partial charge in [0.05, 0.1) is 0 Å². The van der Waals surface area contributed by atoms with Gasteiger partial charge in [-0.25, -0.2) is 21.5 Å². The Bertz CT molecular complexity index is 1060. The summed E-state index contributed by atoms with van der Waals surface area (Å²) in [6, 6.07) is 9.10. The van der Waals surface area contributed by atoms with Crippen LogP contribution in [0.2, 0.25) is 5.02 Å². The Morgan fingerprint density at radius 2 is 1.85 bits per heavy atom. The number of halogens is 3.